The topological polar surface area (TPSA) is 70.1 Å². The van der Waals surface area contributed by atoms with Gasteiger partial charge in [-0.15, -0.1) is 0 Å². The summed E-state index contributed by atoms with van der Waals surface area (Å²) in [4.78, 5) is 29.5. The van der Waals surface area contributed by atoms with Gasteiger partial charge in [0.25, 0.3) is 11.7 Å². The van der Waals surface area contributed by atoms with Crippen LogP contribution in [0.25, 0.3) is 5.76 Å². The lowest BCUT2D eigenvalue weighted by Gasteiger charge is -2.26. The van der Waals surface area contributed by atoms with Gasteiger partial charge in [0.2, 0.25) is 0 Å². The highest BCUT2D eigenvalue weighted by Gasteiger charge is 2.46. The van der Waals surface area contributed by atoms with E-state index >= 15 is 0 Å². The van der Waals surface area contributed by atoms with E-state index in [2.05, 4.69) is 15.9 Å². The molecule has 0 radical (unpaired) electrons. The van der Waals surface area contributed by atoms with Gasteiger partial charge >= 0.3 is 0 Å². The minimum absolute atomic E-state index is 0.110. The third-order valence-corrected chi connectivity index (χ3v) is 5.81. The highest BCUT2D eigenvalue weighted by Crippen LogP contribution is 2.40. The van der Waals surface area contributed by atoms with Crippen molar-refractivity contribution in [2.24, 2.45) is 0 Å². The van der Waals surface area contributed by atoms with E-state index in [1.165, 1.54) is 0 Å². The zero-order valence-corrected chi connectivity index (χ0v) is 19.8. The molecule has 0 aliphatic carbocycles. The molecular formula is C24H27BrN2O4. The van der Waals surface area contributed by atoms with Crippen molar-refractivity contribution in [1.82, 2.24) is 9.80 Å². The van der Waals surface area contributed by atoms with E-state index in [1.54, 1.807) is 17.0 Å². The number of hydrogen-bond acceptors (Lipinski definition) is 5. The van der Waals surface area contributed by atoms with E-state index < -0.39 is 17.7 Å². The third kappa shape index (κ3) is 4.83. The molecule has 1 N–H and O–H groups in total. The van der Waals surface area contributed by atoms with Gasteiger partial charge < -0.3 is 19.6 Å². The van der Waals surface area contributed by atoms with Gasteiger partial charge in [0, 0.05) is 23.1 Å². The number of hydrogen-bond donors (Lipinski definition) is 1. The van der Waals surface area contributed by atoms with Gasteiger partial charge in [-0.25, -0.2) is 0 Å². The fourth-order valence-electron chi connectivity index (χ4n) is 3.71. The van der Waals surface area contributed by atoms with Crippen LogP contribution in [-0.4, -0.2) is 60.4 Å². The number of carbonyl (C=O) groups excluding carboxylic acids is 2. The van der Waals surface area contributed by atoms with Crippen molar-refractivity contribution in [3.63, 3.8) is 0 Å². The number of rotatable bonds is 7. The van der Waals surface area contributed by atoms with Crippen LogP contribution < -0.4 is 4.74 Å². The van der Waals surface area contributed by atoms with Crippen molar-refractivity contribution in [3.05, 3.63) is 69.2 Å². The maximum Gasteiger partial charge on any atom is 0.295 e. The number of carbonyl (C=O) groups is 2. The van der Waals surface area contributed by atoms with Crippen molar-refractivity contribution >= 4 is 33.4 Å². The summed E-state index contributed by atoms with van der Waals surface area (Å²) in [5.41, 5.74) is 2.15. The van der Waals surface area contributed by atoms with Gasteiger partial charge in [-0.3, -0.25) is 9.59 Å². The monoisotopic (exact) mass is 486 g/mol. The second kappa shape index (κ2) is 9.66. The molecule has 0 spiro atoms. The predicted octanol–water partition coefficient (Wildman–Crippen LogP) is 4.14. The lowest BCUT2D eigenvalue weighted by molar-refractivity contribution is -0.140. The molecule has 7 heteroatoms. The number of nitrogens with zero attached hydrogens (tertiary/aromatic N) is 2. The molecule has 31 heavy (non-hydrogen) atoms. The fraction of sp³-hybridized carbons (Fsp3) is 0.333. The van der Waals surface area contributed by atoms with Gasteiger partial charge in [-0.1, -0.05) is 28.1 Å². The van der Waals surface area contributed by atoms with E-state index in [1.807, 2.05) is 63.2 Å². The molecule has 6 nitrogen and oxygen atoms in total. The molecular weight excluding hydrogens is 460 g/mol. The van der Waals surface area contributed by atoms with Crippen LogP contribution in [0.2, 0.25) is 0 Å². The van der Waals surface area contributed by atoms with Crippen LogP contribution in [0.5, 0.6) is 5.75 Å². The number of Topliss-reactive ketones (excluding diaryl/α,β-unsaturated/α-hetero) is 1. The van der Waals surface area contributed by atoms with Crippen LogP contribution in [0.3, 0.4) is 0 Å². The number of aliphatic hydroxyl groups excluding tert-OH is 1. The van der Waals surface area contributed by atoms with E-state index in [4.69, 9.17) is 4.74 Å². The lowest BCUT2D eigenvalue weighted by atomic mass is 9.94. The summed E-state index contributed by atoms with van der Waals surface area (Å²) in [6.45, 7) is 5.25. The van der Waals surface area contributed by atoms with E-state index in [9.17, 15) is 14.7 Å². The van der Waals surface area contributed by atoms with Crippen LogP contribution in [0.4, 0.5) is 0 Å². The van der Waals surface area contributed by atoms with E-state index in [0.29, 0.717) is 31.0 Å². The lowest BCUT2D eigenvalue weighted by Crippen LogP contribution is -2.35. The Morgan fingerprint density at radius 2 is 1.84 bits per heavy atom. The Bertz CT molecular complexity index is 1010. The van der Waals surface area contributed by atoms with Crippen molar-refractivity contribution in [1.29, 1.82) is 0 Å². The van der Waals surface area contributed by atoms with Gasteiger partial charge in [0.05, 0.1) is 18.2 Å². The Hall–Kier alpha value is -2.64. The van der Waals surface area contributed by atoms with Crippen LogP contribution in [0, 0.1) is 6.92 Å². The molecule has 2 aromatic rings. The zero-order valence-electron chi connectivity index (χ0n) is 18.2. The van der Waals surface area contributed by atoms with Gasteiger partial charge in [-0.2, -0.15) is 0 Å². The maximum atomic E-state index is 13.0. The van der Waals surface area contributed by atoms with Crippen LogP contribution in [0.1, 0.15) is 29.7 Å². The Morgan fingerprint density at radius 3 is 2.42 bits per heavy atom. The van der Waals surface area contributed by atoms with E-state index in [0.717, 1.165) is 15.6 Å². The van der Waals surface area contributed by atoms with Crippen LogP contribution >= 0.6 is 15.9 Å². The first-order chi connectivity index (χ1) is 14.7. The minimum atomic E-state index is -0.669. The van der Waals surface area contributed by atoms with Crippen LogP contribution in [0.15, 0.2) is 52.5 Å². The number of ether oxygens (including phenoxy) is 1. The maximum absolute atomic E-state index is 13.0. The van der Waals surface area contributed by atoms with Gasteiger partial charge in [0.1, 0.15) is 11.5 Å². The molecule has 1 aliphatic heterocycles. The predicted molar refractivity (Wildman–Crippen MR) is 124 cm³/mol. The highest BCUT2D eigenvalue weighted by atomic mass is 79.9. The molecule has 0 saturated carbocycles. The smallest absolute Gasteiger partial charge is 0.295 e. The van der Waals surface area contributed by atoms with Gasteiger partial charge in [0.15, 0.2) is 0 Å². The molecule has 1 unspecified atom stereocenters. The quantitative estimate of drug-likeness (QED) is 0.361. The minimum Gasteiger partial charge on any atom is -0.507 e. The molecule has 1 fully saturated rings. The fourth-order valence-corrected chi connectivity index (χ4v) is 3.98. The Labute approximate surface area is 191 Å². The molecule has 0 bridgehead atoms. The number of halogens is 1. The van der Waals surface area contributed by atoms with Gasteiger partial charge in [-0.05, 0) is 69.4 Å². The number of likely N-dealkylation sites (N-methyl/N-ethyl adjacent to an activating group) is 1. The summed E-state index contributed by atoms with van der Waals surface area (Å²) in [7, 11) is 3.82. The normalized spacial score (nSPS) is 18.1. The summed E-state index contributed by atoms with van der Waals surface area (Å²) < 4.78 is 6.41. The molecule has 2 aromatic carbocycles. The zero-order chi connectivity index (χ0) is 22.7. The first-order valence-corrected chi connectivity index (χ1v) is 11.0. The average molecular weight is 487 g/mol. The number of aliphatic hydroxyl groups is 1. The largest absolute Gasteiger partial charge is 0.507 e. The first-order valence-electron chi connectivity index (χ1n) is 10.2. The number of benzene rings is 2. The number of amides is 1. The average Bonchev–Trinajstić information content (AvgIpc) is 2.97. The highest BCUT2D eigenvalue weighted by molar-refractivity contribution is 9.10. The summed E-state index contributed by atoms with van der Waals surface area (Å²) in [6.07, 6.45) is 0. The number of ketones is 1. The molecule has 1 amide bonds. The number of likely N-dealkylation sites (tertiary alicyclic amines) is 1. The Morgan fingerprint density at radius 1 is 1.16 bits per heavy atom. The second-order valence-corrected chi connectivity index (χ2v) is 8.67. The van der Waals surface area contributed by atoms with Crippen molar-refractivity contribution in [2.45, 2.75) is 19.9 Å². The summed E-state index contributed by atoms with van der Waals surface area (Å²) in [6, 6.07) is 12.1. The van der Waals surface area contributed by atoms with E-state index in [-0.39, 0.29) is 11.3 Å². The molecule has 3 rings (SSSR count). The summed E-state index contributed by atoms with van der Waals surface area (Å²) in [5, 5.41) is 11.2. The molecule has 1 atom stereocenters. The van der Waals surface area contributed by atoms with Crippen molar-refractivity contribution < 1.29 is 19.4 Å². The SMILES string of the molecule is CCOc1ccc(C(O)=C2C(=O)C(=O)N(CCN(C)C)C2c2ccc(Br)cc2)c(C)c1. The molecule has 1 aliphatic rings. The summed E-state index contributed by atoms with van der Waals surface area (Å²) in [5.74, 6) is -0.746. The van der Waals surface area contributed by atoms with Crippen molar-refractivity contribution in [2.75, 3.05) is 33.8 Å². The second-order valence-electron chi connectivity index (χ2n) is 7.76. The molecule has 0 aromatic heterocycles. The third-order valence-electron chi connectivity index (χ3n) is 5.28. The molecule has 1 heterocycles. The molecule has 164 valence electrons. The Kier molecular flexibility index (Phi) is 7.18. The Balaban J connectivity index is 2.13. The van der Waals surface area contributed by atoms with Crippen molar-refractivity contribution in [3.8, 4) is 5.75 Å². The molecule has 1 saturated heterocycles. The first kappa shape index (κ1) is 23.0. The summed E-state index contributed by atoms with van der Waals surface area (Å²) >= 11 is 3.43. The number of aryl methyl sites for hydroxylation is 1. The van der Waals surface area contributed by atoms with Crippen LogP contribution in [-0.2, 0) is 9.59 Å². The standard InChI is InChI=1S/C24H27BrN2O4/c1-5-31-18-10-11-19(15(2)14-18)22(28)20-21(16-6-8-17(25)9-7-16)27(13-12-26(3)4)24(30)23(20)29/h6-11,14,21,28H,5,12-13H2,1-4H3.